The zero-order valence-electron chi connectivity index (χ0n) is 10.6. The van der Waals surface area contributed by atoms with E-state index in [4.69, 9.17) is 14.9 Å². The molecule has 0 aliphatic carbocycles. The van der Waals surface area contributed by atoms with E-state index in [0.29, 0.717) is 24.8 Å². The molecule has 96 valence electrons. The van der Waals surface area contributed by atoms with Crippen molar-refractivity contribution >= 4 is 0 Å². The number of hydrogen-bond donors (Lipinski definition) is 1. The Hall–Kier alpha value is -1.88. The van der Waals surface area contributed by atoms with Gasteiger partial charge in [-0.2, -0.15) is 0 Å². The standard InChI is InChI=1S/C13H17N3O2/c1-9-3-4-11(7-10(9)2)17-6-5-12-15-16-13(8-14)18-12/h3-4,7H,5-6,8,14H2,1-2H3. The zero-order valence-corrected chi connectivity index (χ0v) is 10.6. The van der Waals surface area contributed by atoms with E-state index in [-0.39, 0.29) is 6.54 Å². The normalized spacial score (nSPS) is 10.6. The van der Waals surface area contributed by atoms with Crippen molar-refractivity contribution in [1.82, 2.24) is 10.2 Å². The van der Waals surface area contributed by atoms with Gasteiger partial charge in [-0.05, 0) is 37.1 Å². The second-order valence-electron chi connectivity index (χ2n) is 4.14. The van der Waals surface area contributed by atoms with Crippen molar-refractivity contribution < 1.29 is 9.15 Å². The molecule has 2 rings (SSSR count). The average molecular weight is 247 g/mol. The summed E-state index contributed by atoms with van der Waals surface area (Å²) in [5.74, 6) is 1.87. The van der Waals surface area contributed by atoms with E-state index in [1.54, 1.807) is 0 Å². The highest BCUT2D eigenvalue weighted by Crippen LogP contribution is 2.16. The maximum absolute atomic E-state index is 5.63. The Morgan fingerprint density at radius 3 is 2.61 bits per heavy atom. The summed E-state index contributed by atoms with van der Waals surface area (Å²) >= 11 is 0. The smallest absolute Gasteiger partial charge is 0.230 e. The first-order valence-corrected chi connectivity index (χ1v) is 5.90. The fraction of sp³-hybridized carbons (Fsp3) is 0.385. The van der Waals surface area contributed by atoms with Gasteiger partial charge in [0.05, 0.1) is 19.6 Å². The van der Waals surface area contributed by atoms with Crippen molar-refractivity contribution in [2.75, 3.05) is 6.61 Å². The van der Waals surface area contributed by atoms with Crippen LogP contribution in [0.3, 0.4) is 0 Å². The molecular formula is C13H17N3O2. The van der Waals surface area contributed by atoms with E-state index in [9.17, 15) is 0 Å². The molecule has 0 spiro atoms. The molecule has 0 saturated heterocycles. The third-order valence-electron chi connectivity index (χ3n) is 2.75. The van der Waals surface area contributed by atoms with Crippen LogP contribution in [0.4, 0.5) is 0 Å². The monoisotopic (exact) mass is 247 g/mol. The van der Waals surface area contributed by atoms with Crippen LogP contribution >= 0.6 is 0 Å². The zero-order chi connectivity index (χ0) is 13.0. The van der Waals surface area contributed by atoms with Gasteiger partial charge in [-0.25, -0.2) is 0 Å². The van der Waals surface area contributed by atoms with Crippen LogP contribution in [0.1, 0.15) is 22.9 Å². The van der Waals surface area contributed by atoms with E-state index >= 15 is 0 Å². The molecule has 5 nitrogen and oxygen atoms in total. The molecule has 0 aliphatic heterocycles. The maximum atomic E-state index is 5.63. The molecule has 5 heteroatoms. The molecular weight excluding hydrogens is 230 g/mol. The summed E-state index contributed by atoms with van der Waals surface area (Å²) in [4.78, 5) is 0. The van der Waals surface area contributed by atoms with Crippen LogP contribution in [0, 0.1) is 13.8 Å². The van der Waals surface area contributed by atoms with Crippen LogP contribution in [-0.4, -0.2) is 16.8 Å². The van der Waals surface area contributed by atoms with E-state index in [2.05, 4.69) is 24.0 Å². The van der Waals surface area contributed by atoms with E-state index in [1.165, 1.54) is 11.1 Å². The molecule has 2 N–H and O–H groups in total. The van der Waals surface area contributed by atoms with Gasteiger partial charge in [-0.15, -0.1) is 10.2 Å². The van der Waals surface area contributed by atoms with Gasteiger partial charge in [-0.3, -0.25) is 0 Å². The number of nitrogens with zero attached hydrogens (tertiary/aromatic N) is 2. The quantitative estimate of drug-likeness (QED) is 0.871. The van der Waals surface area contributed by atoms with E-state index in [0.717, 1.165) is 5.75 Å². The average Bonchev–Trinajstić information content (AvgIpc) is 2.82. The molecule has 0 atom stereocenters. The Morgan fingerprint density at radius 2 is 1.94 bits per heavy atom. The number of ether oxygens (including phenoxy) is 1. The Bertz CT molecular complexity index is 523. The lowest BCUT2D eigenvalue weighted by Gasteiger charge is -2.06. The summed E-state index contributed by atoms with van der Waals surface area (Å²) in [6.45, 7) is 4.92. The fourth-order valence-electron chi connectivity index (χ4n) is 1.53. The Kier molecular flexibility index (Phi) is 3.94. The number of benzene rings is 1. The van der Waals surface area contributed by atoms with Crippen LogP contribution in [0.2, 0.25) is 0 Å². The summed E-state index contributed by atoms with van der Waals surface area (Å²) in [7, 11) is 0. The van der Waals surface area contributed by atoms with Gasteiger partial charge < -0.3 is 14.9 Å². The molecule has 0 fully saturated rings. The molecule has 0 bridgehead atoms. The molecule has 0 radical (unpaired) electrons. The largest absolute Gasteiger partial charge is 0.493 e. The lowest BCUT2D eigenvalue weighted by Crippen LogP contribution is -2.02. The SMILES string of the molecule is Cc1ccc(OCCc2nnc(CN)o2)cc1C. The second-order valence-corrected chi connectivity index (χ2v) is 4.14. The van der Waals surface area contributed by atoms with Crippen LogP contribution in [0.15, 0.2) is 22.6 Å². The summed E-state index contributed by atoms with van der Waals surface area (Å²) in [5, 5.41) is 7.66. The number of hydrogen-bond acceptors (Lipinski definition) is 5. The Labute approximate surface area is 106 Å². The number of rotatable bonds is 5. The fourth-order valence-corrected chi connectivity index (χ4v) is 1.53. The van der Waals surface area contributed by atoms with Crippen LogP contribution in [0.25, 0.3) is 0 Å². The minimum Gasteiger partial charge on any atom is -0.493 e. The van der Waals surface area contributed by atoms with Gasteiger partial charge in [0, 0.05) is 0 Å². The summed E-state index contributed by atoms with van der Waals surface area (Å²) in [5.41, 5.74) is 7.86. The van der Waals surface area contributed by atoms with Gasteiger partial charge in [0.15, 0.2) is 0 Å². The first-order chi connectivity index (χ1) is 8.69. The third-order valence-corrected chi connectivity index (χ3v) is 2.75. The predicted molar refractivity (Wildman–Crippen MR) is 67.3 cm³/mol. The summed E-state index contributed by atoms with van der Waals surface area (Å²) in [6, 6.07) is 6.03. The number of aryl methyl sites for hydroxylation is 2. The molecule has 1 aromatic heterocycles. The minimum absolute atomic E-state index is 0.269. The molecule has 0 saturated carbocycles. The second kappa shape index (κ2) is 5.64. The van der Waals surface area contributed by atoms with Crippen molar-refractivity contribution in [3.05, 3.63) is 41.1 Å². The summed E-state index contributed by atoms with van der Waals surface area (Å²) < 4.78 is 10.9. The molecule has 18 heavy (non-hydrogen) atoms. The number of aromatic nitrogens is 2. The highest BCUT2D eigenvalue weighted by Gasteiger charge is 2.04. The van der Waals surface area contributed by atoms with Crippen molar-refractivity contribution in [3.8, 4) is 5.75 Å². The Morgan fingerprint density at radius 1 is 1.17 bits per heavy atom. The molecule has 1 heterocycles. The van der Waals surface area contributed by atoms with Gasteiger partial charge >= 0.3 is 0 Å². The highest BCUT2D eigenvalue weighted by molar-refractivity contribution is 5.33. The van der Waals surface area contributed by atoms with Crippen molar-refractivity contribution in [3.63, 3.8) is 0 Å². The van der Waals surface area contributed by atoms with Crippen molar-refractivity contribution in [1.29, 1.82) is 0 Å². The molecule has 1 aromatic carbocycles. The first-order valence-electron chi connectivity index (χ1n) is 5.90. The van der Waals surface area contributed by atoms with Crippen molar-refractivity contribution in [2.24, 2.45) is 5.73 Å². The maximum Gasteiger partial charge on any atom is 0.230 e. The van der Waals surface area contributed by atoms with Gasteiger partial charge in [0.1, 0.15) is 5.75 Å². The van der Waals surface area contributed by atoms with Gasteiger partial charge in [0.25, 0.3) is 0 Å². The van der Waals surface area contributed by atoms with Gasteiger partial charge in [-0.1, -0.05) is 6.07 Å². The van der Waals surface area contributed by atoms with Crippen molar-refractivity contribution in [2.45, 2.75) is 26.8 Å². The summed E-state index contributed by atoms with van der Waals surface area (Å²) in [6.07, 6.45) is 0.583. The highest BCUT2D eigenvalue weighted by atomic mass is 16.5. The molecule has 0 amide bonds. The Balaban J connectivity index is 1.86. The minimum atomic E-state index is 0.269. The van der Waals surface area contributed by atoms with E-state index in [1.807, 2.05) is 18.2 Å². The lowest BCUT2D eigenvalue weighted by atomic mass is 10.1. The third kappa shape index (κ3) is 3.07. The molecule has 0 unspecified atom stereocenters. The number of nitrogens with two attached hydrogens (primary N) is 1. The lowest BCUT2D eigenvalue weighted by molar-refractivity contribution is 0.303. The van der Waals surface area contributed by atoms with Gasteiger partial charge in [0.2, 0.25) is 11.8 Å². The topological polar surface area (TPSA) is 74.2 Å². The van der Waals surface area contributed by atoms with E-state index < -0.39 is 0 Å². The van der Waals surface area contributed by atoms with Crippen LogP contribution < -0.4 is 10.5 Å². The van der Waals surface area contributed by atoms with Crippen LogP contribution in [0.5, 0.6) is 5.75 Å². The molecule has 0 aliphatic rings. The first kappa shape index (κ1) is 12.6. The van der Waals surface area contributed by atoms with Crippen LogP contribution in [-0.2, 0) is 13.0 Å². The molecule has 2 aromatic rings. The predicted octanol–water partition coefficient (Wildman–Crippen LogP) is 1.77.